The fraction of sp³-hybridized carbons (Fsp3) is 0. The molecule has 3 nitrogen and oxygen atoms in total. The Hall–Kier alpha value is -2.24. The van der Waals surface area contributed by atoms with Crippen LogP contribution in [0.2, 0.25) is 4.34 Å². The maximum absolute atomic E-state index is 14.1. The lowest BCUT2D eigenvalue weighted by molar-refractivity contribution is 0.631. The summed E-state index contributed by atoms with van der Waals surface area (Å²) in [5, 5.41) is 7.90. The average Bonchev–Trinajstić information content (AvgIpc) is 3.14. The standard InChI is InChI=1S/C16H9ClFN3S/c17-13-6-5-12(22-13)10-7-8-19-16-14(10)15(20-21-16)9-3-1-2-4-11(9)18/h1-8H,(H,19,20,21). The van der Waals surface area contributed by atoms with E-state index in [2.05, 4.69) is 15.2 Å². The molecule has 0 aliphatic rings. The van der Waals surface area contributed by atoms with Crippen LogP contribution in [-0.2, 0) is 0 Å². The Labute approximate surface area is 134 Å². The highest BCUT2D eigenvalue weighted by Gasteiger charge is 2.17. The number of benzene rings is 1. The van der Waals surface area contributed by atoms with E-state index in [-0.39, 0.29) is 5.82 Å². The zero-order valence-electron chi connectivity index (χ0n) is 11.2. The van der Waals surface area contributed by atoms with E-state index in [1.54, 1.807) is 24.4 Å². The fourth-order valence-corrected chi connectivity index (χ4v) is 3.54. The normalized spacial score (nSPS) is 11.2. The molecule has 0 saturated carbocycles. The van der Waals surface area contributed by atoms with Gasteiger partial charge in [-0.15, -0.1) is 11.3 Å². The molecular formula is C16H9ClFN3S. The van der Waals surface area contributed by atoms with Crippen molar-refractivity contribution in [1.82, 2.24) is 15.2 Å². The van der Waals surface area contributed by atoms with E-state index in [9.17, 15) is 4.39 Å². The van der Waals surface area contributed by atoms with Gasteiger partial charge in [-0.1, -0.05) is 23.7 Å². The molecule has 4 aromatic rings. The molecule has 0 fully saturated rings. The summed E-state index contributed by atoms with van der Waals surface area (Å²) in [7, 11) is 0. The summed E-state index contributed by atoms with van der Waals surface area (Å²) in [6.45, 7) is 0. The molecule has 0 aliphatic carbocycles. The monoisotopic (exact) mass is 329 g/mol. The molecular weight excluding hydrogens is 321 g/mol. The summed E-state index contributed by atoms with van der Waals surface area (Å²) in [6, 6.07) is 12.3. The van der Waals surface area contributed by atoms with E-state index in [0.29, 0.717) is 21.2 Å². The fourth-order valence-electron chi connectivity index (χ4n) is 2.47. The van der Waals surface area contributed by atoms with Crippen LogP contribution in [-0.4, -0.2) is 15.2 Å². The third kappa shape index (κ3) is 2.10. The molecule has 22 heavy (non-hydrogen) atoms. The summed E-state index contributed by atoms with van der Waals surface area (Å²) >= 11 is 7.51. The van der Waals surface area contributed by atoms with Gasteiger partial charge in [0.1, 0.15) is 5.82 Å². The van der Waals surface area contributed by atoms with Crippen LogP contribution in [0.15, 0.2) is 48.7 Å². The quantitative estimate of drug-likeness (QED) is 0.553. The molecule has 0 bridgehead atoms. The number of pyridine rings is 1. The molecule has 0 atom stereocenters. The molecule has 4 rings (SSSR count). The van der Waals surface area contributed by atoms with Crippen molar-refractivity contribution in [2.24, 2.45) is 0 Å². The minimum Gasteiger partial charge on any atom is -0.275 e. The van der Waals surface area contributed by atoms with Crippen LogP contribution in [0.4, 0.5) is 4.39 Å². The molecule has 0 saturated heterocycles. The number of rotatable bonds is 2. The Balaban J connectivity index is 2.04. The third-order valence-electron chi connectivity index (χ3n) is 3.44. The molecule has 3 aromatic heterocycles. The van der Waals surface area contributed by atoms with Gasteiger partial charge in [0, 0.05) is 22.2 Å². The minimum absolute atomic E-state index is 0.299. The Bertz CT molecular complexity index is 976. The molecule has 1 N–H and O–H groups in total. The van der Waals surface area contributed by atoms with E-state index >= 15 is 0 Å². The SMILES string of the molecule is Fc1ccccc1-c1[nH]nc2nccc(-c3ccc(Cl)s3)c12. The van der Waals surface area contributed by atoms with Gasteiger partial charge in [0.2, 0.25) is 0 Å². The summed E-state index contributed by atoms with van der Waals surface area (Å²) in [5.41, 5.74) is 2.59. The van der Waals surface area contributed by atoms with Gasteiger partial charge in [-0.2, -0.15) is 5.10 Å². The Morgan fingerprint density at radius 3 is 2.68 bits per heavy atom. The van der Waals surface area contributed by atoms with Crippen LogP contribution in [0.25, 0.3) is 32.7 Å². The highest BCUT2D eigenvalue weighted by molar-refractivity contribution is 7.19. The van der Waals surface area contributed by atoms with Crippen LogP contribution >= 0.6 is 22.9 Å². The van der Waals surface area contributed by atoms with Crippen LogP contribution in [0.3, 0.4) is 0 Å². The number of aromatic nitrogens is 3. The molecule has 0 unspecified atom stereocenters. The molecule has 3 heterocycles. The molecule has 108 valence electrons. The molecule has 0 spiro atoms. The molecule has 1 aromatic carbocycles. The first-order chi connectivity index (χ1) is 10.7. The van der Waals surface area contributed by atoms with Crippen molar-refractivity contribution >= 4 is 34.0 Å². The first-order valence-corrected chi connectivity index (χ1v) is 7.77. The second kappa shape index (κ2) is 5.19. The van der Waals surface area contributed by atoms with Gasteiger partial charge in [-0.05, 0) is 30.3 Å². The van der Waals surface area contributed by atoms with Crippen molar-refractivity contribution in [2.45, 2.75) is 0 Å². The maximum Gasteiger partial charge on any atom is 0.182 e. The number of nitrogens with one attached hydrogen (secondary N) is 1. The van der Waals surface area contributed by atoms with Crippen molar-refractivity contribution in [3.05, 3.63) is 58.8 Å². The lowest BCUT2D eigenvalue weighted by Gasteiger charge is -2.04. The summed E-state index contributed by atoms with van der Waals surface area (Å²) < 4.78 is 14.8. The Morgan fingerprint density at radius 2 is 1.91 bits per heavy atom. The Morgan fingerprint density at radius 1 is 1.05 bits per heavy atom. The van der Waals surface area contributed by atoms with E-state index in [1.165, 1.54) is 17.4 Å². The van der Waals surface area contributed by atoms with Crippen molar-refractivity contribution < 1.29 is 4.39 Å². The van der Waals surface area contributed by atoms with Gasteiger partial charge >= 0.3 is 0 Å². The number of fused-ring (bicyclic) bond motifs is 1. The zero-order valence-corrected chi connectivity index (χ0v) is 12.7. The van der Waals surface area contributed by atoms with Crippen LogP contribution in [0, 0.1) is 5.82 Å². The number of thiophene rings is 1. The topological polar surface area (TPSA) is 41.6 Å². The average molecular weight is 330 g/mol. The third-order valence-corrected chi connectivity index (χ3v) is 4.70. The molecule has 6 heteroatoms. The van der Waals surface area contributed by atoms with E-state index < -0.39 is 0 Å². The van der Waals surface area contributed by atoms with Crippen LogP contribution in [0.1, 0.15) is 0 Å². The largest absolute Gasteiger partial charge is 0.275 e. The van der Waals surface area contributed by atoms with Crippen molar-refractivity contribution in [1.29, 1.82) is 0 Å². The minimum atomic E-state index is -0.299. The zero-order chi connectivity index (χ0) is 15.1. The first kappa shape index (κ1) is 13.4. The summed E-state index contributed by atoms with van der Waals surface area (Å²) in [5.74, 6) is -0.299. The molecule has 0 aliphatic heterocycles. The van der Waals surface area contributed by atoms with E-state index in [4.69, 9.17) is 11.6 Å². The van der Waals surface area contributed by atoms with Gasteiger partial charge in [-0.25, -0.2) is 9.37 Å². The Kier molecular flexibility index (Phi) is 3.17. The number of hydrogen-bond donors (Lipinski definition) is 1. The van der Waals surface area contributed by atoms with Gasteiger partial charge in [0.05, 0.1) is 15.4 Å². The van der Waals surface area contributed by atoms with Crippen LogP contribution < -0.4 is 0 Å². The predicted octanol–water partition coefficient (Wildman–Crippen LogP) is 5.15. The maximum atomic E-state index is 14.1. The summed E-state index contributed by atoms with van der Waals surface area (Å²) in [4.78, 5) is 5.25. The first-order valence-electron chi connectivity index (χ1n) is 6.58. The van der Waals surface area contributed by atoms with Gasteiger partial charge in [0.15, 0.2) is 5.65 Å². The van der Waals surface area contributed by atoms with Gasteiger partial charge < -0.3 is 0 Å². The van der Waals surface area contributed by atoms with Crippen molar-refractivity contribution in [3.8, 4) is 21.7 Å². The van der Waals surface area contributed by atoms with Gasteiger partial charge in [0.25, 0.3) is 0 Å². The molecule has 0 amide bonds. The van der Waals surface area contributed by atoms with Gasteiger partial charge in [-0.3, -0.25) is 5.10 Å². The highest BCUT2D eigenvalue weighted by atomic mass is 35.5. The van der Waals surface area contributed by atoms with Crippen molar-refractivity contribution in [3.63, 3.8) is 0 Å². The lowest BCUT2D eigenvalue weighted by atomic mass is 10.0. The second-order valence-corrected chi connectivity index (χ2v) is 6.45. The lowest BCUT2D eigenvalue weighted by Crippen LogP contribution is -1.86. The number of H-pyrrole nitrogens is 1. The van der Waals surface area contributed by atoms with Crippen molar-refractivity contribution in [2.75, 3.05) is 0 Å². The smallest absolute Gasteiger partial charge is 0.182 e. The highest BCUT2D eigenvalue weighted by Crippen LogP contribution is 2.38. The molecule has 0 radical (unpaired) electrons. The number of nitrogens with zero attached hydrogens (tertiary/aromatic N) is 2. The van der Waals surface area contributed by atoms with E-state index in [0.717, 1.165) is 15.8 Å². The summed E-state index contributed by atoms with van der Waals surface area (Å²) in [6.07, 6.45) is 1.69. The number of aromatic amines is 1. The van der Waals surface area contributed by atoms with E-state index in [1.807, 2.05) is 18.2 Å². The van der Waals surface area contributed by atoms with Crippen LogP contribution in [0.5, 0.6) is 0 Å². The predicted molar refractivity (Wildman–Crippen MR) is 87.6 cm³/mol. The second-order valence-electron chi connectivity index (χ2n) is 4.74. The number of hydrogen-bond acceptors (Lipinski definition) is 3. The number of halogens is 2.